The second kappa shape index (κ2) is 6.08. The summed E-state index contributed by atoms with van der Waals surface area (Å²) in [5.41, 5.74) is 1.45. The fourth-order valence-corrected chi connectivity index (χ4v) is 4.94. The molecule has 0 bridgehead atoms. The normalized spacial score (nSPS) is 24.3. The molecule has 3 rings (SSSR count). The van der Waals surface area contributed by atoms with Gasteiger partial charge in [-0.1, -0.05) is 11.6 Å². The first-order chi connectivity index (χ1) is 10.1. The molecule has 1 saturated carbocycles. The van der Waals surface area contributed by atoms with E-state index in [1.807, 2.05) is 0 Å². The summed E-state index contributed by atoms with van der Waals surface area (Å²) in [6.45, 7) is 1.41. The number of carbonyl (C=O) groups excluding carboxylic acids is 1. The first-order valence-electron chi connectivity index (χ1n) is 8.02. The number of nitrogens with zero attached hydrogens (tertiary/aromatic N) is 1. The number of carbonyl (C=O) groups is 1. The van der Waals surface area contributed by atoms with Crippen LogP contribution >= 0.6 is 0 Å². The third kappa shape index (κ3) is 3.48. The monoisotopic (exact) mass is 312 g/mol. The zero-order valence-corrected chi connectivity index (χ0v) is 13.2. The maximum absolute atomic E-state index is 12.0. The number of hydrogen-bond donors (Lipinski definition) is 1. The van der Waals surface area contributed by atoms with E-state index in [0.717, 1.165) is 25.7 Å². The van der Waals surface area contributed by atoms with Gasteiger partial charge in [0, 0.05) is 19.6 Å². The minimum Gasteiger partial charge on any atom is -0.355 e. The fraction of sp³-hybridized carbons (Fsp3) is 0.800. The van der Waals surface area contributed by atoms with Crippen LogP contribution in [0.25, 0.3) is 0 Å². The number of allylic oxidation sites excluding steroid dienone is 1. The second-order valence-electron chi connectivity index (χ2n) is 6.41. The summed E-state index contributed by atoms with van der Waals surface area (Å²) >= 11 is 0. The van der Waals surface area contributed by atoms with Gasteiger partial charge in [-0.3, -0.25) is 4.79 Å². The Bertz CT molecular complexity index is 531. The average molecular weight is 312 g/mol. The van der Waals surface area contributed by atoms with Crippen LogP contribution in [0.4, 0.5) is 0 Å². The molecular weight excluding hydrogens is 288 g/mol. The SMILES string of the molecule is O=C(NCCC1=CCCCC1)C1CN(S(=O)(=O)C2CC2)C1. The van der Waals surface area contributed by atoms with Gasteiger partial charge in [-0.15, -0.1) is 0 Å². The molecule has 0 atom stereocenters. The lowest BCUT2D eigenvalue weighted by Crippen LogP contribution is -2.56. The van der Waals surface area contributed by atoms with E-state index in [1.54, 1.807) is 0 Å². The smallest absolute Gasteiger partial charge is 0.225 e. The van der Waals surface area contributed by atoms with Crippen LogP contribution in [0.2, 0.25) is 0 Å². The molecule has 3 aliphatic rings. The highest BCUT2D eigenvalue weighted by Crippen LogP contribution is 2.34. The quantitative estimate of drug-likeness (QED) is 0.754. The third-order valence-corrected chi connectivity index (χ3v) is 6.99. The minimum absolute atomic E-state index is 0.00802. The molecule has 0 radical (unpaired) electrons. The van der Waals surface area contributed by atoms with Crippen molar-refractivity contribution in [3.8, 4) is 0 Å². The van der Waals surface area contributed by atoms with Crippen molar-refractivity contribution < 1.29 is 13.2 Å². The van der Waals surface area contributed by atoms with Crippen molar-refractivity contribution in [2.24, 2.45) is 5.92 Å². The van der Waals surface area contributed by atoms with Crippen LogP contribution in [-0.4, -0.2) is 43.5 Å². The molecule has 2 fully saturated rings. The summed E-state index contributed by atoms with van der Waals surface area (Å²) < 4.78 is 25.4. The Morgan fingerprint density at radius 1 is 1.29 bits per heavy atom. The Balaban J connectivity index is 1.36. The van der Waals surface area contributed by atoms with E-state index in [2.05, 4.69) is 11.4 Å². The van der Waals surface area contributed by atoms with Gasteiger partial charge in [-0.05, 0) is 44.9 Å². The lowest BCUT2D eigenvalue weighted by molar-refractivity contribution is -0.128. The highest BCUT2D eigenvalue weighted by molar-refractivity contribution is 7.90. The van der Waals surface area contributed by atoms with Crippen molar-refractivity contribution in [1.82, 2.24) is 9.62 Å². The van der Waals surface area contributed by atoms with Gasteiger partial charge in [-0.25, -0.2) is 8.42 Å². The molecule has 1 saturated heterocycles. The molecule has 0 unspecified atom stereocenters. The molecule has 0 spiro atoms. The van der Waals surface area contributed by atoms with Crippen LogP contribution in [0.3, 0.4) is 0 Å². The highest BCUT2D eigenvalue weighted by Gasteiger charge is 2.46. The number of sulfonamides is 1. The predicted octanol–water partition coefficient (Wildman–Crippen LogP) is 1.42. The molecule has 1 heterocycles. The van der Waals surface area contributed by atoms with Gasteiger partial charge in [-0.2, -0.15) is 4.31 Å². The van der Waals surface area contributed by atoms with E-state index in [-0.39, 0.29) is 17.1 Å². The Labute approximate surface area is 126 Å². The number of rotatable bonds is 6. The fourth-order valence-electron chi connectivity index (χ4n) is 3.01. The van der Waals surface area contributed by atoms with Crippen molar-refractivity contribution >= 4 is 15.9 Å². The lowest BCUT2D eigenvalue weighted by Gasteiger charge is -2.37. The van der Waals surface area contributed by atoms with Gasteiger partial charge >= 0.3 is 0 Å². The molecule has 6 heteroatoms. The maximum Gasteiger partial charge on any atom is 0.225 e. The van der Waals surface area contributed by atoms with Crippen LogP contribution in [-0.2, 0) is 14.8 Å². The second-order valence-corrected chi connectivity index (χ2v) is 8.62. The van der Waals surface area contributed by atoms with Gasteiger partial charge in [0.15, 0.2) is 0 Å². The average Bonchev–Trinajstić information content (AvgIpc) is 3.22. The molecular formula is C15H24N2O3S. The van der Waals surface area contributed by atoms with E-state index in [4.69, 9.17) is 0 Å². The first kappa shape index (κ1) is 15.0. The summed E-state index contributed by atoms with van der Waals surface area (Å²) in [5.74, 6) is -0.146. The zero-order valence-electron chi connectivity index (χ0n) is 12.4. The highest BCUT2D eigenvalue weighted by atomic mass is 32.2. The van der Waals surface area contributed by atoms with Crippen molar-refractivity contribution in [1.29, 1.82) is 0 Å². The molecule has 1 aliphatic heterocycles. The van der Waals surface area contributed by atoms with Gasteiger partial charge in [0.25, 0.3) is 0 Å². The Morgan fingerprint density at radius 3 is 2.67 bits per heavy atom. The number of hydrogen-bond acceptors (Lipinski definition) is 3. The van der Waals surface area contributed by atoms with Crippen molar-refractivity contribution in [2.75, 3.05) is 19.6 Å². The lowest BCUT2D eigenvalue weighted by atomic mass is 9.97. The third-order valence-electron chi connectivity index (χ3n) is 4.65. The molecule has 0 aromatic carbocycles. The molecule has 21 heavy (non-hydrogen) atoms. The van der Waals surface area contributed by atoms with Crippen molar-refractivity contribution in [3.63, 3.8) is 0 Å². The molecule has 5 nitrogen and oxygen atoms in total. The summed E-state index contributed by atoms with van der Waals surface area (Å²) in [6, 6.07) is 0. The standard InChI is InChI=1S/C15H24N2O3S/c18-15(16-9-8-12-4-2-1-3-5-12)13-10-17(11-13)21(19,20)14-6-7-14/h4,13-14H,1-3,5-11H2,(H,16,18). The minimum atomic E-state index is -3.09. The van der Waals surface area contributed by atoms with Crippen LogP contribution in [0.1, 0.15) is 44.9 Å². The number of nitrogens with one attached hydrogen (secondary N) is 1. The first-order valence-corrected chi connectivity index (χ1v) is 9.52. The van der Waals surface area contributed by atoms with Gasteiger partial charge in [0.1, 0.15) is 0 Å². The Morgan fingerprint density at radius 2 is 2.05 bits per heavy atom. The molecule has 0 aromatic rings. The van der Waals surface area contributed by atoms with Gasteiger partial charge in [0.05, 0.1) is 11.2 Å². The van der Waals surface area contributed by atoms with E-state index in [0.29, 0.717) is 19.6 Å². The summed E-state index contributed by atoms with van der Waals surface area (Å²) in [4.78, 5) is 12.0. The Hall–Kier alpha value is -0.880. The van der Waals surface area contributed by atoms with Gasteiger partial charge < -0.3 is 5.32 Å². The van der Waals surface area contributed by atoms with Crippen LogP contribution in [0.15, 0.2) is 11.6 Å². The number of amides is 1. The van der Waals surface area contributed by atoms with E-state index in [9.17, 15) is 13.2 Å². The molecule has 1 N–H and O–H groups in total. The maximum atomic E-state index is 12.0. The topological polar surface area (TPSA) is 66.5 Å². The van der Waals surface area contributed by atoms with E-state index < -0.39 is 10.0 Å². The van der Waals surface area contributed by atoms with Crippen molar-refractivity contribution in [2.45, 2.75) is 50.2 Å². The summed E-state index contributed by atoms with van der Waals surface area (Å²) in [7, 11) is -3.09. The van der Waals surface area contributed by atoms with Crippen LogP contribution in [0.5, 0.6) is 0 Å². The molecule has 0 aromatic heterocycles. The van der Waals surface area contributed by atoms with Crippen molar-refractivity contribution in [3.05, 3.63) is 11.6 Å². The van der Waals surface area contributed by atoms with Crippen LogP contribution < -0.4 is 5.32 Å². The predicted molar refractivity (Wildman–Crippen MR) is 81.2 cm³/mol. The summed E-state index contributed by atoms with van der Waals surface area (Å²) in [5, 5.41) is 2.78. The largest absolute Gasteiger partial charge is 0.355 e. The van der Waals surface area contributed by atoms with Crippen LogP contribution in [0, 0.1) is 5.92 Å². The van der Waals surface area contributed by atoms with Gasteiger partial charge in [0.2, 0.25) is 15.9 Å². The summed E-state index contributed by atoms with van der Waals surface area (Å²) in [6.07, 6.45) is 9.66. The van der Waals surface area contributed by atoms with E-state index in [1.165, 1.54) is 29.1 Å². The molecule has 2 aliphatic carbocycles. The van der Waals surface area contributed by atoms with E-state index >= 15 is 0 Å². The zero-order chi connectivity index (χ0) is 14.9. The Kier molecular flexibility index (Phi) is 4.36. The molecule has 118 valence electrons. The molecule has 1 amide bonds.